The third-order valence-electron chi connectivity index (χ3n) is 4.15. The van der Waals surface area contributed by atoms with Crippen LogP contribution in [-0.2, 0) is 19.4 Å². The molecule has 0 amide bonds. The van der Waals surface area contributed by atoms with Gasteiger partial charge in [-0.1, -0.05) is 49.7 Å². The lowest BCUT2D eigenvalue weighted by atomic mass is 10.0. The number of rotatable bonds is 4. The summed E-state index contributed by atoms with van der Waals surface area (Å²) in [5.41, 5.74) is 0. The third kappa shape index (κ3) is 2.39. The van der Waals surface area contributed by atoms with Gasteiger partial charge in [-0.05, 0) is 17.9 Å². The Balaban J connectivity index is 2.14. The van der Waals surface area contributed by atoms with Gasteiger partial charge in [-0.25, -0.2) is 8.42 Å². The molecule has 1 saturated heterocycles. The van der Waals surface area contributed by atoms with Gasteiger partial charge in [0.25, 0.3) is 0 Å². The highest BCUT2D eigenvalue weighted by Crippen LogP contribution is 2.33. The molecule has 0 aliphatic carbocycles. The van der Waals surface area contributed by atoms with E-state index in [1.807, 2.05) is 25.1 Å². The van der Waals surface area contributed by atoms with E-state index in [1.165, 1.54) is 0 Å². The number of carbonyl (C=O) groups excluding carboxylic acids is 1. The molecule has 0 bridgehead atoms. The molecule has 2 aromatic rings. The molecular formula is C17H18O4S. The van der Waals surface area contributed by atoms with Gasteiger partial charge in [0.2, 0.25) is 0 Å². The minimum absolute atomic E-state index is 0.196. The quantitative estimate of drug-likeness (QED) is 0.813. The van der Waals surface area contributed by atoms with Gasteiger partial charge >= 0.3 is 5.97 Å². The number of benzene rings is 2. The van der Waals surface area contributed by atoms with Crippen LogP contribution in [0, 0.1) is 5.92 Å². The summed E-state index contributed by atoms with van der Waals surface area (Å²) < 4.78 is 31.1. The highest BCUT2D eigenvalue weighted by molar-refractivity contribution is 7.93. The molecule has 1 fully saturated rings. The minimum Gasteiger partial charge on any atom is -0.464 e. The fraction of sp³-hybridized carbons (Fsp3) is 0.353. The summed E-state index contributed by atoms with van der Waals surface area (Å²) >= 11 is 0. The van der Waals surface area contributed by atoms with Crippen LogP contribution in [0.1, 0.15) is 19.8 Å². The second kappa shape index (κ2) is 5.72. The van der Waals surface area contributed by atoms with Crippen molar-refractivity contribution in [1.29, 1.82) is 0 Å². The Kier molecular flexibility index (Phi) is 3.91. The van der Waals surface area contributed by atoms with Crippen molar-refractivity contribution in [2.75, 3.05) is 6.61 Å². The Labute approximate surface area is 130 Å². The summed E-state index contributed by atoms with van der Waals surface area (Å²) in [6.07, 6.45) is 1.49. The lowest BCUT2D eigenvalue weighted by Crippen LogP contribution is -2.32. The first-order valence-corrected chi connectivity index (χ1v) is 8.98. The van der Waals surface area contributed by atoms with Crippen molar-refractivity contribution in [1.82, 2.24) is 0 Å². The van der Waals surface area contributed by atoms with Gasteiger partial charge in [-0.3, -0.25) is 4.79 Å². The van der Waals surface area contributed by atoms with Gasteiger partial charge in [0.15, 0.2) is 15.1 Å². The van der Waals surface area contributed by atoms with E-state index in [-0.39, 0.29) is 17.4 Å². The molecule has 4 nitrogen and oxygen atoms in total. The molecule has 2 atom stereocenters. The van der Waals surface area contributed by atoms with Gasteiger partial charge in [0.05, 0.1) is 11.5 Å². The number of esters is 1. The highest BCUT2D eigenvalue weighted by Gasteiger charge is 2.46. The number of hydrogen-bond acceptors (Lipinski definition) is 4. The molecule has 3 rings (SSSR count). The summed E-state index contributed by atoms with van der Waals surface area (Å²) in [6.45, 7) is 2.17. The van der Waals surface area contributed by atoms with E-state index in [1.54, 1.807) is 24.3 Å². The smallest absolute Gasteiger partial charge is 0.325 e. The molecule has 0 saturated carbocycles. The number of carbonyl (C=O) groups is 1. The number of ether oxygens (including phenoxy) is 1. The number of hydrogen-bond donors (Lipinski definition) is 0. The van der Waals surface area contributed by atoms with Gasteiger partial charge in [0.1, 0.15) is 0 Å². The predicted octanol–water partition coefficient (Wildman–Crippen LogP) is 2.96. The molecule has 1 heterocycles. The van der Waals surface area contributed by atoms with Crippen molar-refractivity contribution in [3.8, 4) is 0 Å². The molecule has 2 aromatic carbocycles. The Hall–Kier alpha value is -1.88. The molecule has 116 valence electrons. The molecule has 0 aromatic heterocycles. The molecule has 5 heteroatoms. The maximum absolute atomic E-state index is 13.0. The lowest BCUT2D eigenvalue weighted by Gasteiger charge is -2.16. The van der Waals surface area contributed by atoms with E-state index in [0.29, 0.717) is 11.8 Å². The summed E-state index contributed by atoms with van der Waals surface area (Å²) in [7, 11) is -3.76. The van der Waals surface area contributed by atoms with Crippen molar-refractivity contribution < 1.29 is 17.9 Å². The fourth-order valence-electron chi connectivity index (χ4n) is 3.12. The van der Waals surface area contributed by atoms with Gasteiger partial charge in [-0.2, -0.15) is 0 Å². The van der Waals surface area contributed by atoms with Crippen LogP contribution in [0.15, 0.2) is 47.4 Å². The average molecular weight is 318 g/mol. The first kappa shape index (κ1) is 15.0. The molecular weight excluding hydrogens is 300 g/mol. The van der Waals surface area contributed by atoms with Crippen LogP contribution in [0.4, 0.5) is 0 Å². The molecule has 22 heavy (non-hydrogen) atoms. The topological polar surface area (TPSA) is 60.4 Å². The predicted molar refractivity (Wildman–Crippen MR) is 84.3 cm³/mol. The van der Waals surface area contributed by atoms with Crippen molar-refractivity contribution in [3.63, 3.8) is 0 Å². The van der Waals surface area contributed by atoms with Crippen LogP contribution in [0.2, 0.25) is 0 Å². The van der Waals surface area contributed by atoms with Crippen molar-refractivity contribution in [2.45, 2.75) is 29.9 Å². The Morgan fingerprint density at radius 3 is 2.64 bits per heavy atom. The number of sulfone groups is 1. The molecule has 0 spiro atoms. The lowest BCUT2D eigenvalue weighted by molar-refractivity contribution is -0.137. The normalized spacial score (nSPS) is 22.0. The molecule has 0 radical (unpaired) electrons. The first-order valence-electron chi connectivity index (χ1n) is 7.44. The first-order chi connectivity index (χ1) is 10.6. The van der Waals surface area contributed by atoms with Crippen LogP contribution < -0.4 is 0 Å². The van der Waals surface area contributed by atoms with E-state index in [0.717, 1.165) is 11.8 Å². The van der Waals surface area contributed by atoms with Crippen molar-refractivity contribution >= 4 is 26.6 Å². The van der Waals surface area contributed by atoms with Crippen LogP contribution in [0.5, 0.6) is 0 Å². The van der Waals surface area contributed by atoms with Crippen LogP contribution in [-0.4, -0.2) is 26.2 Å². The van der Waals surface area contributed by atoms with Gasteiger partial charge in [-0.15, -0.1) is 0 Å². The third-order valence-corrected chi connectivity index (χ3v) is 6.37. The van der Waals surface area contributed by atoms with Crippen molar-refractivity contribution in [2.24, 2.45) is 5.92 Å². The van der Waals surface area contributed by atoms with Crippen LogP contribution in [0.25, 0.3) is 10.8 Å². The summed E-state index contributed by atoms with van der Waals surface area (Å²) in [5, 5.41) is 0.417. The van der Waals surface area contributed by atoms with E-state index >= 15 is 0 Å². The molecule has 1 aliphatic rings. The minimum atomic E-state index is -3.76. The zero-order valence-corrected chi connectivity index (χ0v) is 13.2. The summed E-state index contributed by atoms with van der Waals surface area (Å²) in [6, 6.07) is 12.5. The second-order valence-electron chi connectivity index (χ2n) is 5.62. The fourth-order valence-corrected chi connectivity index (χ4v) is 5.19. The van der Waals surface area contributed by atoms with Gasteiger partial charge < -0.3 is 4.74 Å². The number of cyclic esters (lactones) is 1. The van der Waals surface area contributed by atoms with E-state index < -0.39 is 21.1 Å². The summed E-state index contributed by atoms with van der Waals surface area (Å²) in [5.74, 6) is -0.882. The molecule has 1 aliphatic heterocycles. The molecule has 1 unspecified atom stereocenters. The Morgan fingerprint density at radius 2 is 1.86 bits per heavy atom. The number of fused-ring (bicyclic) bond motifs is 1. The summed E-state index contributed by atoms with van der Waals surface area (Å²) in [4.78, 5) is 12.2. The Morgan fingerprint density at radius 1 is 1.14 bits per heavy atom. The monoisotopic (exact) mass is 318 g/mol. The Bertz CT molecular complexity index is 805. The SMILES string of the molecule is CCC[C@H]1COC(=O)C1S(=O)(=O)c1cccc2ccccc12. The largest absolute Gasteiger partial charge is 0.464 e. The van der Waals surface area contributed by atoms with E-state index in [2.05, 4.69) is 0 Å². The van der Waals surface area contributed by atoms with E-state index in [9.17, 15) is 13.2 Å². The maximum atomic E-state index is 13.0. The van der Waals surface area contributed by atoms with Crippen LogP contribution >= 0.6 is 0 Å². The van der Waals surface area contributed by atoms with Crippen molar-refractivity contribution in [3.05, 3.63) is 42.5 Å². The standard InChI is InChI=1S/C17H18O4S/c1-2-6-13-11-21-17(18)16(13)22(19,20)15-10-5-8-12-7-3-4-9-14(12)15/h3-5,7-10,13,16H,2,6,11H2,1H3/t13-,16?/m0/s1. The van der Waals surface area contributed by atoms with Crippen LogP contribution in [0.3, 0.4) is 0 Å². The molecule has 0 N–H and O–H groups in total. The van der Waals surface area contributed by atoms with Gasteiger partial charge in [0, 0.05) is 11.3 Å². The maximum Gasteiger partial charge on any atom is 0.325 e. The zero-order valence-electron chi connectivity index (χ0n) is 12.4. The zero-order chi connectivity index (χ0) is 15.7. The highest BCUT2D eigenvalue weighted by atomic mass is 32.2. The van der Waals surface area contributed by atoms with E-state index in [4.69, 9.17) is 4.74 Å². The average Bonchev–Trinajstić information content (AvgIpc) is 2.88. The second-order valence-corrected chi connectivity index (χ2v) is 7.66.